The van der Waals surface area contributed by atoms with E-state index in [1.807, 2.05) is 31.2 Å². The molecule has 1 atom stereocenters. The molecule has 116 valence electrons. The number of amides is 1. The predicted molar refractivity (Wildman–Crippen MR) is 90.5 cm³/mol. The molecule has 0 saturated heterocycles. The molecule has 0 aliphatic rings. The number of hydrogen-bond donors (Lipinski definition) is 1. The summed E-state index contributed by atoms with van der Waals surface area (Å²) in [4.78, 5) is 16.9. The van der Waals surface area contributed by atoms with E-state index in [4.69, 9.17) is 5.26 Å². The van der Waals surface area contributed by atoms with Crippen molar-refractivity contribution in [3.8, 4) is 6.07 Å². The molecule has 5 nitrogen and oxygen atoms in total. The van der Waals surface area contributed by atoms with Crippen LogP contribution in [0.15, 0.2) is 36.5 Å². The van der Waals surface area contributed by atoms with Crippen molar-refractivity contribution in [3.63, 3.8) is 0 Å². The second-order valence-corrected chi connectivity index (χ2v) is 6.53. The number of thiazole rings is 1. The van der Waals surface area contributed by atoms with Crippen LogP contribution in [-0.2, 0) is 7.05 Å². The summed E-state index contributed by atoms with van der Waals surface area (Å²) in [5.41, 5.74) is 1.96. The first-order valence-corrected chi connectivity index (χ1v) is 8.10. The van der Waals surface area contributed by atoms with Crippen LogP contribution in [0.5, 0.6) is 0 Å². The third-order valence-corrected chi connectivity index (χ3v) is 4.94. The molecule has 0 aliphatic carbocycles. The topological polar surface area (TPSA) is 70.7 Å². The van der Waals surface area contributed by atoms with Crippen molar-refractivity contribution < 1.29 is 4.79 Å². The van der Waals surface area contributed by atoms with Gasteiger partial charge in [0.1, 0.15) is 11.8 Å². The van der Waals surface area contributed by atoms with E-state index >= 15 is 0 Å². The van der Waals surface area contributed by atoms with Gasteiger partial charge in [0.05, 0.1) is 20.8 Å². The molecule has 2 aromatic heterocycles. The van der Waals surface area contributed by atoms with Crippen LogP contribution in [0.25, 0.3) is 10.2 Å². The first kappa shape index (κ1) is 15.3. The number of nitrogens with zero attached hydrogens (tertiary/aromatic N) is 3. The van der Waals surface area contributed by atoms with Crippen molar-refractivity contribution in [1.29, 1.82) is 5.26 Å². The van der Waals surface area contributed by atoms with Gasteiger partial charge in [0.15, 0.2) is 0 Å². The number of nitrogens with one attached hydrogen (secondary N) is 1. The number of hydrogen-bond acceptors (Lipinski definition) is 4. The van der Waals surface area contributed by atoms with Gasteiger partial charge in [-0.3, -0.25) is 4.79 Å². The van der Waals surface area contributed by atoms with E-state index < -0.39 is 0 Å². The fraction of sp³-hybridized carbons (Fsp3) is 0.235. The average molecular weight is 324 g/mol. The maximum absolute atomic E-state index is 12.2. The molecule has 2 heterocycles. The Kier molecular flexibility index (Phi) is 4.13. The predicted octanol–water partition coefficient (Wildman–Crippen LogP) is 3.04. The van der Waals surface area contributed by atoms with E-state index in [2.05, 4.69) is 16.4 Å². The zero-order valence-electron chi connectivity index (χ0n) is 12.9. The largest absolute Gasteiger partial charge is 0.350 e. The van der Waals surface area contributed by atoms with Crippen LogP contribution in [0.4, 0.5) is 0 Å². The normalized spacial score (nSPS) is 12.0. The lowest BCUT2D eigenvalue weighted by molar-refractivity contribution is 0.0943. The van der Waals surface area contributed by atoms with E-state index in [1.54, 1.807) is 35.2 Å². The minimum Gasteiger partial charge on any atom is -0.350 e. The Morgan fingerprint density at radius 2 is 2.26 bits per heavy atom. The van der Waals surface area contributed by atoms with Crippen molar-refractivity contribution in [3.05, 3.63) is 52.8 Å². The monoisotopic (exact) mass is 324 g/mol. The van der Waals surface area contributed by atoms with Crippen LogP contribution >= 0.6 is 11.3 Å². The molecule has 3 aromatic rings. The van der Waals surface area contributed by atoms with Gasteiger partial charge in [-0.1, -0.05) is 19.1 Å². The van der Waals surface area contributed by atoms with E-state index in [0.717, 1.165) is 15.2 Å². The van der Waals surface area contributed by atoms with Crippen LogP contribution in [0, 0.1) is 11.3 Å². The number of nitriles is 1. The third-order valence-electron chi connectivity index (χ3n) is 3.67. The summed E-state index contributed by atoms with van der Waals surface area (Å²) in [6.45, 7) is 2.55. The number of para-hydroxylation sites is 1. The number of fused-ring (bicyclic) bond motifs is 1. The van der Waals surface area contributed by atoms with Gasteiger partial charge in [0.25, 0.3) is 5.91 Å². The lowest BCUT2D eigenvalue weighted by Gasteiger charge is -2.10. The Morgan fingerprint density at radius 3 is 2.96 bits per heavy atom. The van der Waals surface area contributed by atoms with Gasteiger partial charge in [-0.2, -0.15) is 5.26 Å². The maximum atomic E-state index is 12.2. The van der Waals surface area contributed by atoms with Crippen molar-refractivity contribution in [2.24, 2.45) is 7.05 Å². The Bertz CT molecular complexity index is 870. The molecule has 1 unspecified atom stereocenters. The van der Waals surface area contributed by atoms with Gasteiger partial charge in [-0.15, -0.1) is 11.3 Å². The summed E-state index contributed by atoms with van der Waals surface area (Å²) in [5.74, 6) is -0.0472. The van der Waals surface area contributed by atoms with Crippen LogP contribution in [0.2, 0.25) is 0 Å². The molecule has 23 heavy (non-hydrogen) atoms. The van der Waals surface area contributed by atoms with Crippen molar-refractivity contribution in [2.45, 2.75) is 12.8 Å². The van der Waals surface area contributed by atoms with Gasteiger partial charge in [-0.25, -0.2) is 4.98 Å². The SMILES string of the molecule is CC(CNC(=O)c1cc(C#N)cn1C)c1nc2ccccc2s1. The Morgan fingerprint density at radius 1 is 1.48 bits per heavy atom. The lowest BCUT2D eigenvalue weighted by atomic mass is 10.2. The number of rotatable bonds is 4. The molecular weight excluding hydrogens is 308 g/mol. The summed E-state index contributed by atoms with van der Waals surface area (Å²) >= 11 is 1.65. The molecule has 0 bridgehead atoms. The number of aromatic nitrogens is 2. The zero-order chi connectivity index (χ0) is 16.4. The number of carbonyl (C=O) groups is 1. The quantitative estimate of drug-likeness (QED) is 0.802. The average Bonchev–Trinajstić information content (AvgIpc) is 3.15. The summed E-state index contributed by atoms with van der Waals surface area (Å²) in [5, 5.41) is 12.8. The van der Waals surface area contributed by atoms with Crippen LogP contribution in [0.3, 0.4) is 0 Å². The van der Waals surface area contributed by atoms with E-state index in [0.29, 0.717) is 17.8 Å². The van der Waals surface area contributed by atoms with Gasteiger partial charge in [0, 0.05) is 25.7 Å². The molecule has 6 heteroatoms. The summed E-state index contributed by atoms with van der Waals surface area (Å²) in [7, 11) is 1.76. The van der Waals surface area contributed by atoms with E-state index in [-0.39, 0.29) is 11.8 Å². The first-order valence-electron chi connectivity index (χ1n) is 7.28. The van der Waals surface area contributed by atoms with Crippen molar-refractivity contribution in [2.75, 3.05) is 6.54 Å². The van der Waals surface area contributed by atoms with Gasteiger partial charge < -0.3 is 9.88 Å². The number of benzene rings is 1. The van der Waals surface area contributed by atoms with Crippen LogP contribution in [-0.4, -0.2) is 22.0 Å². The Balaban J connectivity index is 1.68. The minimum atomic E-state index is -0.179. The second-order valence-electron chi connectivity index (χ2n) is 5.47. The summed E-state index contributed by atoms with van der Waals surface area (Å²) in [6.07, 6.45) is 1.64. The standard InChI is InChI=1S/C17H16N4OS/c1-11(17-20-13-5-3-4-6-15(13)23-17)9-19-16(22)14-7-12(8-18)10-21(14)2/h3-7,10-11H,9H2,1-2H3,(H,19,22). The Hall–Kier alpha value is -2.65. The smallest absolute Gasteiger partial charge is 0.267 e. The fourth-order valence-electron chi connectivity index (χ4n) is 2.38. The van der Waals surface area contributed by atoms with Gasteiger partial charge in [-0.05, 0) is 18.2 Å². The lowest BCUT2D eigenvalue weighted by Crippen LogP contribution is -2.28. The van der Waals surface area contributed by atoms with Gasteiger partial charge in [0.2, 0.25) is 0 Å². The highest BCUT2D eigenvalue weighted by molar-refractivity contribution is 7.18. The number of carbonyl (C=O) groups excluding carboxylic acids is 1. The second kappa shape index (κ2) is 6.23. The molecule has 0 fully saturated rings. The van der Waals surface area contributed by atoms with Crippen molar-refractivity contribution >= 4 is 27.5 Å². The maximum Gasteiger partial charge on any atom is 0.267 e. The number of aryl methyl sites for hydroxylation is 1. The molecular formula is C17H16N4OS. The van der Waals surface area contributed by atoms with E-state index in [9.17, 15) is 4.79 Å². The molecule has 3 rings (SSSR count). The molecule has 0 aliphatic heterocycles. The highest BCUT2D eigenvalue weighted by Gasteiger charge is 2.15. The molecule has 1 aromatic carbocycles. The highest BCUT2D eigenvalue weighted by Crippen LogP contribution is 2.26. The summed E-state index contributed by atoms with van der Waals surface area (Å²) in [6, 6.07) is 11.7. The fourth-order valence-corrected chi connectivity index (χ4v) is 3.39. The van der Waals surface area contributed by atoms with Crippen LogP contribution in [0.1, 0.15) is 33.9 Å². The Labute approximate surface area is 138 Å². The van der Waals surface area contributed by atoms with E-state index in [1.165, 1.54) is 0 Å². The van der Waals surface area contributed by atoms with Gasteiger partial charge >= 0.3 is 0 Å². The highest BCUT2D eigenvalue weighted by atomic mass is 32.1. The molecule has 1 N–H and O–H groups in total. The molecule has 0 spiro atoms. The summed E-state index contributed by atoms with van der Waals surface area (Å²) < 4.78 is 2.82. The molecule has 1 amide bonds. The zero-order valence-corrected chi connectivity index (χ0v) is 13.7. The minimum absolute atomic E-state index is 0.132. The third kappa shape index (κ3) is 3.10. The van der Waals surface area contributed by atoms with Crippen molar-refractivity contribution in [1.82, 2.24) is 14.9 Å². The first-order chi connectivity index (χ1) is 11.1. The molecule has 0 saturated carbocycles. The molecule has 0 radical (unpaired) electrons. The van der Waals surface area contributed by atoms with Crippen LogP contribution < -0.4 is 5.32 Å².